The molecular weight excluding hydrogens is 306 g/mol. The number of ether oxygens (including phenoxy) is 1. The highest BCUT2D eigenvalue weighted by Gasteiger charge is 2.04. The Balaban J connectivity index is 1.78. The number of pyridine rings is 2. The quantitative estimate of drug-likeness (QED) is 0.694. The van der Waals surface area contributed by atoms with Gasteiger partial charge in [0, 0.05) is 22.7 Å². The smallest absolute Gasteiger partial charge is 0.213 e. The maximum atomic E-state index is 5.05. The van der Waals surface area contributed by atoms with Crippen LogP contribution in [0.15, 0.2) is 65.8 Å². The van der Waals surface area contributed by atoms with E-state index >= 15 is 0 Å². The lowest BCUT2D eigenvalue weighted by Gasteiger charge is -2.09. The molecule has 0 aliphatic rings. The number of methoxy groups -OCH3 is 1. The van der Waals surface area contributed by atoms with Crippen molar-refractivity contribution in [2.45, 2.75) is 4.90 Å². The molecule has 0 aliphatic heterocycles. The van der Waals surface area contributed by atoms with Crippen molar-refractivity contribution in [1.82, 2.24) is 9.97 Å². The summed E-state index contributed by atoms with van der Waals surface area (Å²) in [6.07, 6.45) is 5.69. The Morgan fingerprint density at radius 2 is 1.83 bits per heavy atom. The van der Waals surface area contributed by atoms with Crippen LogP contribution in [0, 0.1) is 0 Å². The van der Waals surface area contributed by atoms with Crippen LogP contribution in [0.1, 0.15) is 0 Å². The topological polar surface area (TPSA) is 47.0 Å². The molecule has 0 fully saturated rings. The molecule has 4 nitrogen and oxygen atoms in total. The van der Waals surface area contributed by atoms with E-state index in [4.69, 9.17) is 4.74 Å². The summed E-state index contributed by atoms with van der Waals surface area (Å²) in [5.74, 6) is 1.37. The molecule has 0 unspecified atom stereocenters. The van der Waals surface area contributed by atoms with Crippen molar-refractivity contribution < 1.29 is 4.74 Å². The van der Waals surface area contributed by atoms with Crippen molar-refractivity contribution in [3.63, 3.8) is 0 Å². The first-order chi connectivity index (χ1) is 11.3. The normalized spacial score (nSPS) is 10.3. The Bertz CT molecular complexity index is 773. The molecular formula is C18H17N3OS. The molecule has 0 aliphatic carbocycles. The largest absolute Gasteiger partial charge is 0.481 e. The van der Waals surface area contributed by atoms with Gasteiger partial charge in [0.1, 0.15) is 5.82 Å². The molecule has 116 valence electrons. The van der Waals surface area contributed by atoms with Gasteiger partial charge in [-0.3, -0.25) is 0 Å². The molecule has 5 heteroatoms. The highest BCUT2D eigenvalue weighted by Crippen LogP contribution is 2.30. The Hall–Kier alpha value is -2.53. The lowest BCUT2D eigenvalue weighted by atomic mass is 10.1. The zero-order valence-electron chi connectivity index (χ0n) is 13.0. The molecule has 0 saturated heterocycles. The third kappa shape index (κ3) is 3.63. The standard InChI is InChI=1S/C18H17N3OS/c1-22-18-10-8-14(12-20-18)21-17-9-7-13(11-19-17)15-5-3-4-6-16(15)23-2/h3-12H,1-2H3,(H,19,21). The maximum Gasteiger partial charge on any atom is 0.213 e. The van der Waals surface area contributed by atoms with E-state index in [1.807, 2.05) is 30.5 Å². The van der Waals surface area contributed by atoms with Gasteiger partial charge in [-0.25, -0.2) is 9.97 Å². The van der Waals surface area contributed by atoms with Gasteiger partial charge in [0.05, 0.1) is 19.0 Å². The monoisotopic (exact) mass is 323 g/mol. The van der Waals surface area contributed by atoms with Gasteiger partial charge in [-0.2, -0.15) is 0 Å². The van der Waals surface area contributed by atoms with Gasteiger partial charge in [0.15, 0.2) is 0 Å². The number of benzene rings is 1. The molecule has 23 heavy (non-hydrogen) atoms. The van der Waals surface area contributed by atoms with Crippen LogP contribution in [0.5, 0.6) is 5.88 Å². The van der Waals surface area contributed by atoms with Crippen molar-refractivity contribution in [3.05, 3.63) is 60.9 Å². The van der Waals surface area contributed by atoms with Gasteiger partial charge >= 0.3 is 0 Å². The summed E-state index contributed by atoms with van der Waals surface area (Å²) in [5.41, 5.74) is 3.18. The van der Waals surface area contributed by atoms with Gasteiger partial charge in [-0.1, -0.05) is 18.2 Å². The number of thioether (sulfide) groups is 1. The van der Waals surface area contributed by atoms with Crippen molar-refractivity contribution >= 4 is 23.3 Å². The molecule has 1 aromatic carbocycles. The fourth-order valence-electron chi connectivity index (χ4n) is 2.23. The molecule has 1 N–H and O–H groups in total. The molecule has 0 amide bonds. The molecule has 2 aromatic heterocycles. The van der Waals surface area contributed by atoms with Crippen molar-refractivity contribution in [1.29, 1.82) is 0 Å². The van der Waals surface area contributed by atoms with Crippen LogP contribution in [0.4, 0.5) is 11.5 Å². The zero-order chi connectivity index (χ0) is 16.1. The van der Waals surface area contributed by atoms with Crippen LogP contribution in [-0.4, -0.2) is 23.3 Å². The molecule has 0 spiro atoms. The van der Waals surface area contributed by atoms with Gasteiger partial charge in [0.2, 0.25) is 5.88 Å². The molecule has 0 radical (unpaired) electrons. The average Bonchev–Trinajstić information content (AvgIpc) is 2.63. The minimum atomic E-state index is 0.590. The van der Waals surface area contributed by atoms with Gasteiger partial charge in [0.25, 0.3) is 0 Å². The zero-order valence-corrected chi connectivity index (χ0v) is 13.8. The lowest BCUT2D eigenvalue weighted by molar-refractivity contribution is 0.398. The van der Waals surface area contributed by atoms with E-state index in [1.165, 1.54) is 10.5 Å². The van der Waals surface area contributed by atoms with E-state index < -0.39 is 0 Å². The first-order valence-electron chi connectivity index (χ1n) is 7.16. The first kappa shape index (κ1) is 15.4. The predicted octanol–water partition coefficient (Wildman–Crippen LogP) is 4.62. The third-order valence-corrected chi connectivity index (χ3v) is 4.20. The molecule has 0 bridgehead atoms. The fraction of sp³-hybridized carbons (Fsp3) is 0.111. The SMILES string of the molecule is COc1ccc(Nc2ccc(-c3ccccc3SC)cn2)cn1. The van der Waals surface area contributed by atoms with E-state index in [0.717, 1.165) is 17.1 Å². The summed E-state index contributed by atoms with van der Waals surface area (Å²) in [4.78, 5) is 9.90. The lowest BCUT2D eigenvalue weighted by Crippen LogP contribution is -1.95. The van der Waals surface area contributed by atoms with E-state index in [1.54, 1.807) is 25.1 Å². The van der Waals surface area contributed by atoms with Gasteiger partial charge in [-0.05, 0) is 36.1 Å². The minimum absolute atomic E-state index is 0.590. The average molecular weight is 323 g/mol. The summed E-state index contributed by atoms with van der Waals surface area (Å²) in [7, 11) is 1.60. The third-order valence-electron chi connectivity index (χ3n) is 3.40. The summed E-state index contributed by atoms with van der Waals surface area (Å²) in [5, 5.41) is 3.23. The Morgan fingerprint density at radius 1 is 0.957 bits per heavy atom. The van der Waals surface area contributed by atoms with Crippen LogP contribution in [0.3, 0.4) is 0 Å². The van der Waals surface area contributed by atoms with Crippen LogP contribution >= 0.6 is 11.8 Å². The highest BCUT2D eigenvalue weighted by molar-refractivity contribution is 7.98. The number of nitrogens with zero attached hydrogens (tertiary/aromatic N) is 2. The van der Waals surface area contributed by atoms with E-state index in [2.05, 4.69) is 45.8 Å². The van der Waals surface area contributed by atoms with E-state index in [-0.39, 0.29) is 0 Å². The fourth-order valence-corrected chi connectivity index (χ4v) is 2.85. The Kier molecular flexibility index (Phi) is 4.78. The van der Waals surface area contributed by atoms with Crippen LogP contribution in [0.25, 0.3) is 11.1 Å². The number of anilines is 2. The van der Waals surface area contributed by atoms with Crippen LogP contribution in [-0.2, 0) is 0 Å². The maximum absolute atomic E-state index is 5.05. The predicted molar refractivity (Wildman–Crippen MR) is 95.5 cm³/mol. The van der Waals surface area contributed by atoms with Gasteiger partial charge in [-0.15, -0.1) is 11.8 Å². The van der Waals surface area contributed by atoms with Crippen LogP contribution < -0.4 is 10.1 Å². The number of nitrogens with one attached hydrogen (secondary N) is 1. The molecule has 3 aromatic rings. The molecule has 0 saturated carbocycles. The van der Waals surface area contributed by atoms with Crippen molar-refractivity contribution in [2.24, 2.45) is 0 Å². The first-order valence-corrected chi connectivity index (χ1v) is 8.39. The number of rotatable bonds is 5. The van der Waals surface area contributed by atoms with Crippen molar-refractivity contribution in [3.8, 4) is 17.0 Å². The second-order valence-corrected chi connectivity index (χ2v) is 5.69. The number of aromatic nitrogens is 2. The summed E-state index contributed by atoms with van der Waals surface area (Å²) in [6.45, 7) is 0. The Labute approximate surface area is 140 Å². The summed E-state index contributed by atoms with van der Waals surface area (Å²) >= 11 is 1.74. The van der Waals surface area contributed by atoms with E-state index in [0.29, 0.717) is 5.88 Å². The molecule has 2 heterocycles. The second-order valence-electron chi connectivity index (χ2n) is 4.85. The molecule has 0 atom stereocenters. The highest BCUT2D eigenvalue weighted by atomic mass is 32.2. The molecule has 3 rings (SSSR count). The number of hydrogen-bond donors (Lipinski definition) is 1. The summed E-state index contributed by atoms with van der Waals surface area (Å²) in [6, 6.07) is 16.1. The van der Waals surface area contributed by atoms with E-state index in [9.17, 15) is 0 Å². The van der Waals surface area contributed by atoms with Crippen LogP contribution in [0.2, 0.25) is 0 Å². The Morgan fingerprint density at radius 3 is 2.48 bits per heavy atom. The number of hydrogen-bond acceptors (Lipinski definition) is 5. The van der Waals surface area contributed by atoms with Crippen molar-refractivity contribution in [2.75, 3.05) is 18.7 Å². The second kappa shape index (κ2) is 7.15. The minimum Gasteiger partial charge on any atom is -0.481 e. The summed E-state index contributed by atoms with van der Waals surface area (Å²) < 4.78 is 5.05. The van der Waals surface area contributed by atoms with Gasteiger partial charge < -0.3 is 10.1 Å².